The highest BCUT2D eigenvalue weighted by Gasteiger charge is 2.17. The van der Waals surface area contributed by atoms with Gasteiger partial charge in [0.15, 0.2) is 0 Å². The summed E-state index contributed by atoms with van der Waals surface area (Å²) in [6.45, 7) is -1.23. The van der Waals surface area contributed by atoms with Gasteiger partial charge < -0.3 is 4.74 Å². The van der Waals surface area contributed by atoms with Crippen LogP contribution in [0.3, 0.4) is 0 Å². The van der Waals surface area contributed by atoms with Crippen LogP contribution in [0.1, 0.15) is 5.69 Å². The maximum atomic E-state index is 12.6. The van der Waals surface area contributed by atoms with Crippen molar-refractivity contribution in [2.45, 2.75) is 18.4 Å². The molecule has 3 rings (SSSR count). The number of hydrogen-bond donors (Lipinski definition) is 1. The Morgan fingerprint density at radius 1 is 1.08 bits per heavy atom. The normalized spacial score (nSPS) is 11.7. The third-order valence-corrected chi connectivity index (χ3v) is 4.81. The summed E-state index contributed by atoms with van der Waals surface area (Å²) in [6.07, 6.45) is 0. The number of alkyl halides is 2. The van der Waals surface area contributed by atoms with E-state index in [-0.39, 0.29) is 10.6 Å². The predicted molar refractivity (Wildman–Crippen MR) is 90.4 cm³/mol. The van der Waals surface area contributed by atoms with Gasteiger partial charge in [0.05, 0.1) is 16.1 Å². The first-order valence-corrected chi connectivity index (χ1v) is 8.77. The second-order valence-corrected chi connectivity index (χ2v) is 6.97. The van der Waals surface area contributed by atoms with Crippen LogP contribution < -0.4 is 9.46 Å². The number of sulfonamides is 1. The zero-order valence-corrected chi connectivity index (χ0v) is 13.9. The Balaban J connectivity index is 1.99. The molecule has 0 aliphatic carbocycles. The molecule has 3 aromatic rings. The van der Waals surface area contributed by atoms with Gasteiger partial charge in [-0.05, 0) is 31.2 Å². The number of nitrogens with zero attached hydrogens (tertiary/aromatic N) is 1. The van der Waals surface area contributed by atoms with Crippen LogP contribution in [0.15, 0.2) is 59.5 Å². The fraction of sp³-hybridized carbons (Fsp3) is 0.118. The molecule has 8 heteroatoms. The molecule has 0 unspecified atom stereocenters. The molecule has 2 aromatic carbocycles. The lowest BCUT2D eigenvalue weighted by molar-refractivity contribution is -0.0499. The molecule has 130 valence electrons. The fourth-order valence-corrected chi connectivity index (χ4v) is 3.45. The van der Waals surface area contributed by atoms with E-state index in [1.165, 1.54) is 18.2 Å². The van der Waals surface area contributed by atoms with E-state index in [0.29, 0.717) is 11.2 Å². The number of anilines is 1. The number of fused-ring (bicyclic) bond motifs is 1. The van der Waals surface area contributed by atoms with Crippen LogP contribution in [0.5, 0.6) is 5.75 Å². The summed E-state index contributed by atoms with van der Waals surface area (Å²) in [6, 6.07) is 13.7. The molecular weight excluding hydrogens is 350 g/mol. The summed E-state index contributed by atoms with van der Waals surface area (Å²) in [7, 11) is -3.99. The van der Waals surface area contributed by atoms with Crippen LogP contribution in [0, 0.1) is 6.92 Å². The van der Waals surface area contributed by atoms with Crippen LogP contribution in [-0.4, -0.2) is 20.0 Å². The van der Waals surface area contributed by atoms with Crippen LogP contribution in [0.4, 0.5) is 14.5 Å². The molecule has 0 radical (unpaired) electrons. The number of rotatable bonds is 5. The van der Waals surface area contributed by atoms with E-state index in [1.54, 1.807) is 19.1 Å². The molecule has 0 spiro atoms. The van der Waals surface area contributed by atoms with Crippen LogP contribution >= 0.6 is 0 Å². The lowest BCUT2D eigenvalue weighted by Gasteiger charge is -2.12. The van der Waals surface area contributed by atoms with Crippen molar-refractivity contribution in [1.29, 1.82) is 0 Å². The van der Waals surface area contributed by atoms with Gasteiger partial charge in [-0.3, -0.25) is 9.71 Å². The Bertz CT molecular complexity index is 1020. The first-order valence-electron chi connectivity index (χ1n) is 7.29. The van der Waals surface area contributed by atoms with Gasteiger partial charge >= 0.3 is 6.61 Å². The zero-order valence-electron chi connectivity index (χ0n) is 13.1. The Labute approximate surface area is 143 Å². The summed E-state index contributed by atoms with van der Waals surface area (Å²) in [5.74, 6) is -0.232. The minimum absolute atomic E-state index is 0.185. The van der Waals surface area contributed by atoms with E-state index in [0.717, 1.165) is 17.1 Å². The van der Waals surface area contributed by atoms with Crippen molar-refractivity contribution in [1.82, 2.24) is 4.98 Å². The quantitative estimate of drug-likeness (QED) is 0.744. The van der Waals surface area contributed by atoms with Crippen molar-refractivity contribution in [3.05, 3.63) is 60.3 Å². The second kappa shape index (κ2) is 6.64. The fourth-order valence-electron chi connectivity index (χ4n) is 2.35. The van der Waals surface area contributed by atoms with Gasteiger partial charge in [0, 0.05) is 17.1 Å². The van der Waals surface area contributed by atoms with Crippen molar-refractivity contribution >= 4 is 26.6 Å². The summed E-state index contributed by atoms with van der Waals surface area (Å²) >= 11 is 0. The van der Waals surface area contributed by atoms with Crippen LogP contribution in [0.2, 0.25) is 0 Å². The molecule has 0 fully saturated rings. The van der Waals surface area contributed by atoms with Crippen molar-refractivity contribution in [2.24, 2.45) is 0 Å². The lowest BCUT2D eigenvalue weighted by atomic mass is 10.2. The van der Waals surface area contributed by atoms with E-state index in [4.69, 9.17) is 0 Å². The van der Waals surface area contributed by atoms with Crippen molar-refractivity contribution < 1.29 is 21.9 Å². The Morgan fingerprint density at radius 3 is 2.60 bits per heavy atom. The van der Waals surface area contributed by atoms with E-state index in [2.05, 4.69) is 14.4 Å². The van der Waals surface area contributed by atoms with Gasteiger partial charge in [-0.2, -0.15) is 8.78 Å². The molecule has 1 N–H and O–H groups in total. The largest absolute Gasteiger partial charge is 0.435 e. The first kappa shape index (κ1) is 17.1. The van der Waals surface area contributed by atoms with E-state index in [1.807, 2.05) is 18.2 Å². The van der Waals surface area contributed by atoms with Gasteiger partial charge in [0.25, 0.3) is 10.0 Å². The van der Waals surface area contributed by atoms with Crippen LogP contribution in [-0.2, 0) is 10.0 Å². The molecule has 0 amide bonds. The van der Waals surface area contributed by atoms with Gasteiger partial charge in [0.2, 0.25) is 0 Å². The molecule has 1 aromatic heterocycles. The number of ether oxygens (including phenoxy) is 1. The minimum atomic E-state index is -3.99. The Kier molecular flexibility index (Phi) is 4.54. The molecular formula is C17H14F2N2O3S. The highest BCUT2D eigenvalue weighted by molar-refractivity contribution is 7.92. The molecule has 0 saturated carbocycles. The molecule has 0 aliphatic heterocycles. The van der Waals surface area contributed by atoms with E-state index >= 15 is 0 Å². The number of aromatic nitrogens is 1. The summed E-state index contributed by atoms with van der Waals surface area (Å²) in [5.41, 5.74) is 1.55. The van der Waals surface area contributed by atoms with Gasteiger partial charge in [-0.1, -0.05) is 24.3 Å². The highest BCUT2D eigenvalue weighted by atomic mass is 32.2. The molecule has 0 aliphatic rings. The maximum absolute atomic E-state index is 12.6. The van der Waals surface area contributed by atoms with Gasteiger partial charge in [-0.15, -0.1) is 0 Å². The topological polar surface area (TPSA) is 68.3 Å². The van der Waals surface area contributed by atoms with E-state index < -0.39 is 16.6 Å². The molecule has 5 nitrogen and oxygen atoms in total. The number of hydrogen-bond acceptors (Lipinski definition) is 4. The van der Waals surface area contributed by atoms with Crippen LogP contribution in [0.25, 0.3) is 10.9 Å². The van der Waals surface area contributed by atoms with E-state index in [9.17, 15) is 17.2 Å². The number of nitrogens with one attached hydrogen (secondary N) is 1. The van der Waals surface area contributed by atoms with Crippen molar-refractivity contribution in [3.8, 4) is 5.75 Å². The highest BCUT2D eigenvalue weighted by Crippen LogP contribution is 2.26. The second-order valence-electron chi connectivity index (χ2n) is 5.29. The monoisotopic (exact) mass is 364 g/mol. The molecule has 0 bridgehead atoms. The third-order valence-electron chi connectivity index (χ3n) is 3.44. The molecule has 0 saturated heterocycles. The average Bonchev–Trinajstić information content (AvgIpc) is 2.55. The average molecular weight is 364 g/mol. The smallest absolute Gasteiger partial charge is 0.387 e. The number of para-hydroxylation sites is 1. The Hall–Kier alpha value is -2.74. The number of benzene rings is 2. The molecule has 25 heavy (non-hydrogen) atoms. The molecule has 1 heterocycles. The zero-order chi connectivity index (χ0) is 18.0. The predicted octanol–water partition coefficient (Wildman–Crippen LogP) is 3.95. The minimum Gasteiger partial charge on any atom is -0.435 e. The summed E-state index contributed by atoms with van der Waals surface area (Å²) < 4.78 is 56.5. The number of aryl methyl sites for hydroxylation is 1. The molecule has 0 atom stereocenters. The van der Waals surface area contributed by atoms with Gasteiger partial charge in [0.1, 0.15) is 5.75 Å². The lowest BCUT2D eigenvalue weighted by Crippen LogP contribution is -2.14. The first-order chi connectivity index (χ1) is 11.8. The number of pyridine rings is 1. The van der Waals surface area contributed by atoms with Crippen molar-refractivity contribution in [2.75, 3.05) is 4.72 Å². The number of halogens is 2. The summed E-state index contributed by atoms with van der Waals surface area (Å²) in [4.78, 5) is 4.17. The van der Waals surface area contributed by atoms with Gasteiger partial charge in [-0.25, -0.2) is 8.42 Å². The standard InChI is InChI=1S/C17H14F2N2O3S/c1-11-8-9-12-4-2-7-15(16(12)20-11)21-25(22,23)14-6-3-5-13(10-14)24-17(18)19/h2-10,17,21H,1H3. The Morgan fingerprint density at radius 2 is 1.84 bits per heavy atom. The SMILES string of the molecule is Cc1ccc2cccc(NS(=O)(=O)c3cccc(OC(F)F)c3)c2n1. The van der Waals surface area contributed by atoms with Crippen molar-refractivity contribution in [3.63, 3.8) is 0 Å². The maximum Gasteiger partial charge on any atom is 0.387 e. The third kappa shape index (κ3) is 3.85. The summed E-state index contributed by atoms with van der Waals surface area (Å²) in [5, 5.41) is 0.778.